The molecule has 1 saturated heterocycles. The molecule has 0 bridgehead atoms. The van der Waals surface area contributed by atoms with E-state index in [1.165, 1.54) is 10.5 Å². The molecule has 0 radical (unpaired) electrons. The summed E-state index contributed by atoms with van der Waals surface area (Å²) < 4.78 is 12.2. The summed E-state index contributed by atoms with van der Waals surface area (Å²) in [5.41, 5.74) is 4.73. The molecule has 3 heterocycles. The number of nitrogens with one attached hydrogen (secondary N) is 1. The number of carbonyl (C=O) groups is 1. The Morgan fingerprint density at radius 3 is 1.50 bits per heavy atom. The minimum Gasteiger partial charge on any atom is -0.457 e. The minimum atomic E-state index is 0.0390. The summed E-state index contributed by atoms with van der Waals surface area (Å²) >= 11 is 0. The maximum absolute atomic E-state index is 13.7. The van der Waals surface area contributed by atoms with Gasteiger partial charge in [-0.25, -0.2) is 0 Å². The van der Waals surface area contributed by atoms with E-state index in [0.717, 1.165) is 40.3 Å². The van der Waals surface area contributed by atoms with E-state index in [9.17, 15) is 4.79 Å². The van der Waals surface area contributed by atoms with Gasteiger partial charge in [0, 0.05) is 16.7 Å². The summed E-state index contributed by atoms with van der Waals surface area (Å²) in [6.07, 6.45) is 3.79. The first-order chi connectivity index (χ1) is 18.7. The second kappa shape index (κ2) is 10.8. The lowest BCUT2D eigenvalue weighted by molar-refractivity contribution is -0.904. The van der Waals surface area contributed by atoms with Crippen molar-refractivity contribution in [2.75, 3.05) is 13.1 Å². The number of quaternary nitrogens is 1. The molecule has 1 aliphatic rings. The second-order valence-electron chi connectivity index (χ2n) is 9.57. The predicted molar refractivity (Wildman–Crippen MR) is 150 cm³/mol. The number of likely N-dealkylation sites (tertiary alicyclic amines) is 1. The average Bonchev–Trinajstić information content (AvgIpc) is 3.63. The number of furan rings is 2. The van der Waals surface area contributed by atoms with E-state index in [2.05, 4.69) is 24.3 Å². The van der Waals surface area contributed by atoms with Crippen molar-refractivity contribution in [3.63, 3.8) is 0 Å². The molecule has 0 aliphatic carbocycles. The molecule has 1 aliphatic heterocycles. The van der Waals surface area contributed by atoms with Gasteiger partial charge in [0.05, 0.1) is 11.1 Å². The van der Waals surface area contributed by atoms with E-state index in [-0.39, 0.29) is 5.78 Å². The molecular formula is C34H28NO3+. The maximum atomic E-state index is 13.7. The molecule has 0 atom stereocenters. The van der Waals surface area contributed by atoms with E-state index < -0.39 is 0 Å². The third-order valence-corrected chi connectivity index (χ3v) is 6.76. The van der Waals surface area contributed by atoms with Crippen LogP contribution >= 0.6 is 0 Å². The molecule has 4 nitrogen and oxygen atoms in total. The van der Waals surface area contributed by atoms with Crippen molar-refractivity contribution in [3.8, 4) is 22.6 Å². The standard InChI is InChI=1S/C34H27NO3/c36-34-28(20-30-16-18-32(37-30)26-12-6-2-7-13-26)23-35(22-25-10-4-1-5-11-25)24-29(34)21-31-17-19-33(38-31)27-14-8-3-9-15-27/h1-21H,22-24H2/p+1/b28-20+,29-21+. The van der Waals surface area contributed by atoms with Crippen molar-refractivity contribution < 1.29 is 18.5 Å². The van der Waals surface area contributed by atoms with Crippen LogP contribution in [0.5, 0.6) is 0 Å². The average molecular weight is 499 g/mol. The molecule has 4 heteroatoms. The van der Waals surface area contributed by atoms with Crippen molar-refractivity contribution in [2.24, 2.45) is 0 Å². The zero-order valence-electron chi connectivity index (χ0n) is 21.0. The van der Waals surface area contributed by atoms with Crippen molar-refractivity contribution in [1.82, 2.24) is 0 Å². The van der Waals surface area contributed by atoms with Gasteiger partial charge in [0.1, 0.15) is 42.7 Å². The number of rotatable bonds is 6. The first-order valence-corrected chi connectivity index (χ1v) is 12.9. The first kappa shape index (κ1) is 23.7. The Labute approximate surface area is 222 Å². The van der Waals surface area contributed by atoms with E-state index in [1.807, 2.05) is 103 Å². The lowest BCUT2D eigenvalue weighted by Crippen LogP contribution is -3.12. The molecule has 38 heavy (non-hydrogen) atoms. The van der Waals surface area contributed by atoms with Crippen LogP contribution in [-0.2, 0) is 11.3 Å². The van der Waals surface area contributed by atoms with Gasteiger partial charge in [-0.3, -0.25) is 4.79 Å². The highest BCUT2D eigenvalue weighted by Crippen LogP contribution is 2.26. The summed E-state index contributed by atoms with van der Waals surface area (Å²) in [6, 6.07) is 38.1. The molecule has 2 aromatic heterocycles. The Morgan fingerprint density at radius 2 is 1.03 bits per heavy atom. The zero-order chi connectivity index (χ0) is 25.7. The largest absolute Gasteiger partial charge is 0.457 e. The van der Waals surface area contributed by atoms with Crippen LogP contribution in [0, 0.1) is 0 Å². The number of benzene rings is 3. The van der Waals surface area contributed by atoms with Crippen LogP contribution in [0.25, 0.3) is 34.8 Å². The molecule has 0 amide bonds. The summed E-state index contributed by atoms with van der Waals surface area (Å²) in [4.78, 5) is 14.9. The number of carbonyl (C=O) groups excluding carboxylic acids is 1. The lowest BCUT2D eigenvalue weighted by Gasteiger charge is -2.26. The number of piperidine rings is 1. The van der Waals surface area contributed by atoms with Crippen LogP contribution in [0.2, 0.25) is 0 Å². The fraction of sp³-hybridized carbons (Fsp3) is 0.0882. The van der Waals surface area contributed by atoms with Crippen LogP contribution in [0.3, 0.4) is 0 Å². The number of hydrogen-bond donors (Lipinski definition) is 1. The van der Waals surface area contributed by atoms with Crippen molar-refractivity contribution >= 4 is 17.9 Å². The molecule has 0 saturated carbocycles. The van der Waals surface area contributed by atoms with Gasteiger partial charge >= 0.3 is 0 Å². The Kier molecular flexibility index (Phi) is 6.71. The number of hydrogen-bond acceptors (Lipinski definition) is 3. The van der Waals surface area contributed by atoms with Gasteiger partial charge in [-0.15, -0.1) is 0 Å². The summed E-state index contributed by atoms with van der Waals surface area (Å²) in [5, 5.41) is 0. The molecule has 1 N–H and O–H groups in total. The zero-order valence-corrected chi connectivity index (χ0v) is 21.0. The molecule has 1 fully saturated rings. The van der Waals surface area contributed by atoms with Crippen LogP contribution in [0.15, 0.2) is 135 Å². The highest BCUT2D eigenvalue weighted by molar-refractivity contribution is 6.13. The summed E-state index contributed by atoms with van der Waals surface area (Å²) in [6.45, 7) is 2.07. The fourth-order valence-electron chi connectivity index (χ4n) is 4.93. The molecule has 6 rings (SSSR count). The van der Waals surface area contributed by atoms with E-state index in [4.69, 9.17) is 8.83 Å². The molecule has 5 aromatic rings. The third kappa shape index (κ3) is 5.36. The van der Waals surface area contributed by atoms with Crippen LogP contribution in [-0.4, -0.2) is 18.9 Å². The highest BCUT2D eigenvalue weighted by atomic mass is 16.3. The van der Waals surface area contributed by atoms with Crippen molar-refractivity contribution in [1.29, 1.82) is 0 Å². The molecular weight excluding hydrogens is 470 g/mol. The van der Waals surface area contributed by atoms with E-state index in [0.29, 0.717) is 24.6 Å². The Hall–Kier alpha value is -4.67. The predicted octanol–water partition coefficient (Wildman–Crippen LogP) is 6.34. The van der Waals surface area contributed by atoms with E-state index >= 15 is 0 Å². The lowest BCUT2D eigenvalue weighted by atomic mass is 9.95. The topological polar surface area (TPSA) is 47.8 Å². The maximum Gasteiger partial charge on any atom is 0.196 e. The number of Topliss-reactive ketones (excluding diaryl/α,β-unsaturated/α-hetero) is 1. The van der Waals surface area contributed by atoms with E-state index in [1.54, 1.807) is 0 Å². The molecule has 3 aromatic carbocycles. The SMILES string of the molecule is O=C1/C(=C/c2ccc(-c3ccccc3)o2)C[NH+](Cc2ccccc2)C/C1=C\c1ccc(-c2ccccc2)o1. The first-order valence-electron chi connectivity index (χ1n) is 12.9. The summed E-state index contributed by atoms with van der Waals surface area (Å²) in [7, 11) is 0. The van der Waals surface area contributed by atoms with Crippen molar-refractivity contribution in [2.45, 2.75) is 6.54 Å². The van der Waals surface area contributed by atoms with Gasteiger partial charge in [-0.1, -0.05) is 91.0 Å². The van der Waals surface area contributed by atoms with Gasteiger partial charge in [0.25, 0.3) is 0 Å². The monoisotopic (exact) mass is 498 g/mol. The molecule has 0 spiro atoms. The quantitative estimate of drug-likeness (QED) is 0.278. The van der Waals surface area contributed by atoms with Crippen LogP contribution in [0.4, 0.5) is 0 Å². The third-order valence-electron chi connectivity index (χ3n) is 6.76. The van der Waals surface area contributed by atoms with Crippen LogP contribution < -0.4 is 4.90 Å². The fourth-order valence-corrected chi connectivity index (χ4v) is 4.93. The number of ketones is 1. The minimum absolute atomic E-state index is 0.0390. The smallest absolute Gasteiger partial charge is 0.196 e. The Morgan fingerprint density at radius 1 is 0.579 bits per heavy atom. The second-order valence-corrected chi connectivity index (χ2v) is 9.57. The molecule has 0 unspecified atom stereocenters. The van der Waals surface area contributed by atoms with Gasteiger partial charge in [-0.05, 0) is 36.4 Å². The van der Waals surface area contributed by atoms with Crippen molar-refractivity contribution in [3.05, 3.63) is 143 Å². The van der Waals surface area contributed by atoms with Crippen LogP contribution in [0.1, 0.15) is 17.1 Å². The normalized spacial score (nSPS) is 17.8. The van der Waals surface area contributed by atoms with Gasteiger partial charge in [0.2, 0.25) is 0 Å². The highest BCUT2D eigenvalue weighted by Gasteiger charge is 2.30. The van der Waals surface area contributed by atoms with Gasteiger partial charge < -0.3 is 13.7 Å². The Balaban J connectivity index is 1.31. The summed E-state index contributed by atoms with van der Waals surface area (Å²) in [5.74, 6) is 2.97. The Bertz CT molecular complexity index is 1490. The molecule has 186 valence electrons. The van der Waals surface area contributed by atoms with Gasteiger partial charge in [-0.2, -0.15) is 0 Å². The van der Waals surface area contributed by atoms with Gasteiger partial charge in [0.15, 0.2) is 5.78 Å².